The van der Waals surface area contributed by atoms with E-state index in [1.54, 1.807) is 48.8 Å². The van der Waals surface area contributed by atoms with Gasteiger partial charge in [0.15, 0.2) is 16.0 Å². The van der Waals surface area contributed by atoms with Gasteiger partial charge in [0.2, 0.25) is 5.96 Å². The summed E-state index contributed by atoms with van der Waals surface area (Å²) in [7, 11) is -3.40. The van der Waals surface area contributed by atoms with Crippen molar-refractivity contribution in [3.63, 3.8) is 0 Å². The number of pyridine rings is 1. The highest BCUT2D eigenvalue weighted by molar-refractivity contribution is 7.92. The van der Waals surface area contributed by atoms with E-state index >= 15 is 0 Å². The minimum Gasteiger partial charge on any atom is -0.378 e. The molecule has 164 valence electrons. The Balaban J connectivity index is 1.67. The molecule has 8 nitrogen and oxygen atoms in total. The molecular formula is C22H27N5O3S. The third-order valence-electron chi connectivity index (χ3n) is 5.21. The van der Waals surface area contributed by atoms with E-state index in [4.69, 9.17) is 10.00 Å². The first kappa shape index (κ1) is 22.7. The van der Waals surface area contributed by atoms with Crippen molar-refractivity contribution >= 4 is 21.5 Å². The number of sulfone groups is 1. The molecule has 3 rings (SSSR count). The van der Waals surface area contributed by atoms with Crippen LogP contribution in [0.5, 0.6) is 0 Å². The molecule has 0 spiro atoms. The van der Waals surface area contributed by atoms with E-state index in [9.17, 15) is 8.42 Å². The predicted octanol–water partition coefficient (Wildman–Crippen LogP) is 3.24. The zero-order chi connectivity index (χ0) is 22.1. The molecule has 0 bridgehead atoms. The maximum absolute atomic E-state index is 13.1. The summed E-state index contributed by atoms with van der Waals surface area (Å²) >= 11 is 0. The number of benzene rings is 1. The molecule has 0 amide bonds. The van der Waals surface area contributed by atoms with Gasteiger partial charge < -0.3 is 10.1 Å². The van der Waals surface area contributed by atoms with Gasteiger partial charge in [-0.2, -0.15) is 5.26 Å². The quantitative estimate of drug-likeness (QED) is 0.293. The second-order valence-corrected chi connectivity index (χ2v) is 9.55. The molecule has 9 heteroatoms. The maximum atomic E-state index is 13.1. The van der Waals surface area contributed by atoms with Crippen LogP contribution in [-0.2, 0) is 21.1 Å². The lowest BCUT2D eigenvalue weighted by molar-refractivity contribution is 0.0377. The number of anilines is 1. The Morgan fingerprint density at radius 2 is 1.97 bits per heavy atom. The molecule has 2 unspecified atom stereocenters. The summed E-state index contributed by atoms with van der Waals surface area (Å²) in [6, 6.07) is 10.3. The Morgan fingerprint density at radius 3 is 2.65 bits per heavy atom. The van der Waals surface area contributed by atoms with E-state index in [1.807, 2.05) is 13.1 Å². The van der Waals surface area contributed by atoms with Crippen molar-refractivity contribution in [2.24, 2.45) is 4.99 Å². The van der Waals surface area contributed by atoms with Gasteiger partial charge in [0.1, 0.15) is 0 Å². The zero-order valence-electron chi connectivity index (χ0n) is 17.5. The number of nitrogens with zero attached hydrogens (tertiary/aromatic N) is 3. The number of nitriles is 1. The Kier molecular flexibility index (Phi) is 7.98. The van der Waals surface area contributed by atoms with Gasteiger partial charge in [-0.25, -0.2) is 13.4 Å². The molecule has 2 atom stereocenters. The summed E-state index contributed by atoms with van der Waals surface area (Å²) in [5.74, 6) is 0.301. The molecule has 1 fully saturated rings. The molecule has 1 saturated carbocycles. The van der Waals surface area contributed by atoms with E-state index in [0.717, 1.165) is 24.1 Å². The Morgan fingerprint density at radius 1 is 1.23 bits per heavy atom. The molecular weight excluding hydrogens is 414 g/mol. The molecule has 1 aromatic heterocycles. The Bertz CT molecular complexity index is 1020. The van der Waals surface area contributed by atoms with Crippen LogP contribution < -0.4 is 10.6 Å². The summed E-state index contributed by atoms with van der Waals surface area (Å²) in [6.07, 6.45) is 8.14. The third kappa shape index (κ3) is 6.26. The van der Waals surface area contributed by atoms with Crippen molar-refractivity contribution in [3.05, 3.63) is 54.4 Å². The number of rotatable bonds is 7. The van der Waals surface area contributed by atoms with Crippen LogP contribution in [0, 0.1) is 11.5 Å². The number of aromatic nitrogens is 1. The van der Waals surface area contributed by atoms with Crippen LogP contribution in [0.2, 0.25) is 0 Å². The van der Waals surface area contributed by atoms with Gasteiger partial charge >= 0.3 is 0 Å². The topological polar surface area (TPSA) is 116 Å². The number of hydrogen-bond acceptors (Lipinski definition) is 6. The number of hydrogen-bond donors (Lipinski definition) is 2. The smallest absolute Gasteiger partial charge is 0.209 e. The monoisotopic (exact) mass is 441 g/mol. The fourth-order valence-electron chi connectivity index (χ4n) is 3.65. The fraction of sp³-hybridized carbons (Fsp3) is 0.409. The fourth-order valence-corrected chi connectivity index (χ4v) is 5.50. The molecule has 31 heavy (non-hydrogen) atoms. The molecule has 1 aliphatic carbocycles. The normalized spacial score (nSPS) is 19.4. The van der Waals surface area contributed by atoms with Crippen LogP contribution in [0.4, 0.5) is 5.69 Å². The minimum absolute atomic E-state index is 0.0195. The molecule has 2 aromatic rings. The highest BCUT2D eigenvalue weighted by Gasteiger charge is 2.33. The third-order valence-corrected chi connectivity index (χ3v) is 7.44. The second-order valence-electron chi connectivity index (χ2n) is 7.32. The van der Waals surface area contributed by atoms with Gasteiger partial charge in [-0.15, -0.1) is 0 Å². The van der Waals surface area contributed by atoms with Crippen LogP contribution in [0.1, 0.15) is 38.2 Å². The van der Waals surface area contributed by atoms with Crippen LogP contribution in [-0.4, -0.2) is 37.3 Å². The molecule has 1 aliphatic rings. The van der Waals surface area contributed by atoms with Crippen LogP contribution in [0.15, 0.2) is 58.7 Å². The Hall–Kier alpha value is -2.96. The van der Waals surface area contributed by atoms with Gasteiger partial charge in [0, 0.05) is 24.7 Å². The number of guanidine groups is 1. The molecule has 1 aromatic carbocycles. The zero-order valence-corrected chi connectivity index (χ0v) is 18.3. The summed E-state index contributed by atoms with van der Waals surface area (Å²) < 4.78 is 31.8. The van der Waals surface area contributed by atoms with Crippen molar-refractivity contribution in [1.82, 2.24) is 10.3 Å². The lowest BCUT2D eigenvalue weighted by Crippen LogP contribution is -2.32. The van der Waals surface area contributed by atoms with Crippen molar-refractivity contribution < 1.29 is 13.2 Å². The summed E-state index contributed by atoms with van der Waals surface area (Å²) in [6.45, 7) is 2.83. The first-order valence-corrected chi connectivity index (χ1v) is 11.9. The lowest BCUT2D eigenvalue weighted by Gasteiger charge is -2.28. The van der Waals surface area contributed by atoms with Gasteiger partial charge in [-0.1, -0.05) is 12.1 Å². The average molecular weight is 442 g/mol. The highest BCUT2D eigenvalue weighted by atomic mass is 32.2. The van der Waals surface area contributed by atoms with Crippen molar-refractivity contribution in [1.29, 1.82) is 5.26 Å². The standard InChI is InChI=1S/C22H27N5O3S/c1-2-30-19-4-3-5-21(14-19)31(28,29)20-8-6-17(7-9-20)15-25-22(26-16-23)27-18-10-12-24-13-11-18/h6-13,19,21H,2-5,14-15H2,1H3,(H2,24,25,26,27). The molecule has 1 heterocycles. The Labute approximate surface area is 183 Å². The van der Waals surface area contributed by atoms with Crippen molar-refractivity contribution in [2.45, 2.75) is 55.4 Å². The molecule has 0 saturated heterocycles. The van der Waals surface area contributed by atoms with Gasteiger partial charge in [0.25, 0.3) is 0 Å². The summed E-state index contributed by atoms with van der Waals surface area (Å²) in [5, 5.41) is 14.1. The lowest BCUT2D eigenvalue weighted by atomic mass is 9.97. The SMILES string of the molecule is CCOC1CCCC(S(=O)(=O)c2ccc(CN=C(NC#N)Nc3ccncc3)cc2)C1. The van der Waals surface area contributed by atoms with E-state index in [-0.39, 0.29) is 12.6 Å². The molecule has 2 N–H and O–H groups in total. The van der Waals surface area contributed by atoms with E-state index in [0.29, 0.717) is 30.3 Å². The van der Waals surface area contributed by atoms with E-state index in [2.05, 4.69) is 20.6 Å². The van der Waals surface area contributed by atoms with Crippen molar-refractivity contribution in [2.75, 3.05) is 11.9 Å². The minimum atomic E-state index is -3.40. The average Bonchev–Trinajstić information content (AvgIpc) is 2.79. The van der Waals surface area contributed by atoms with E-state index < -0.39 is 15.1 Å². The molecule has 0 aliphatic heterocycles. The van der Waals surface area contributed by atoms with Gasteiger partial charge in [-0.05, 0) is 62.4 Å². The van der Waals surface area contributed by atoms with E-state index in [1.165, 1.54) is 0 Å². The second kappa shape index (κ2) is 10.9. The largest absolute Gasteiger partial charge is 0.378 e. The summed E-state index contributed by atoms with van der Waals surface area (Å²) in [5.41, 5.74) is 1.58. The van der Waals surface area contributed by atoms with Crippen LogP contribution >= 0.6 is 0 Å². The highest BCUT2D eigenvalue weighted by Crippen LogP contribution is 2.30. The van der Waals surface area contributed by atoms with Crippen LogP contribution in [0.3, 0.4) is 0 Å². The van der Waals surface area contributed by atoms with Gasteiger partial charge in [-0.3, -0.25) is 10.3 Å². The summed E-state index contributed by atoms with van der Waals surface area (Å²) in [4.78, 5) is 8.65. The predicted molar refractivity (Wildman–Crippen MR) is 119 cm³/mol. The first-order valence-electron chi connectivity index (χ1n) is 10.3. The van der Waals surface area contributed by atoms with Crippen LogP contribution in [0.25, 0.3) is 0 Å². The number of ether oxygens (including phenoxy) is 1. The number of nitrogens with one attached hydrogen (secondary N) is 2. The van der Waals surface area contributed by atoms with Crippen molar-refractivity contribution in [3.8, 4) is 6.19 Å². The first-order chi connectivity index (χ1) is 15.0. The number of aliphatic imine (C=N–C) groups is 1. The maximum Gasteiger partial charge on any atom is 0.209 e. The molecule has 0 radical (unpaired) electrons. The van der Waals surface area contributed by atoms with Gasteiger partial charge in [0.05, 0.1) is 22.8 Å².